The van der Waals surface area contributed by atoms with E-state index in [0.717, 1.165) is 12.8 Å². The summed E-state index contributed by atoms with van der Waals surface area (Å²) in [5.74, 6) is -0.561. The lowest BCUT2D eigenvalue weighted by Gasteiger charge is -2.09. The maximum Gasteiger partial charge on any atom is 0.306 e. The second-order valence-electron chi connectivity index (χ2n) is 6.27. The van der Waals surface area contributed by atoms with Crippen LogP contribution in [0.25, 0.3) is 0 Å². The molecule has 1 aromatic rings. The van der Waals surface area contributed by atoms with Gasteiger partial charge in [0.1, 0.15) is 0 Å². The fourth-order valence-electron chi connectivity index (χ4n) is 2.39. The van der Waals surface area contributed by atoms with Gasteiger partial charge in [-0.2, -0.15) is 0 Å². The maximum atomic E-state index is 12.0. The molecule has 0 bridgehead atoms. The first kappa shape index (κ1) is 17.9. The highest BCUT2D eigenvalue weighted by Gasteiger charge is 2.16. The average Bonchev–Trinajstić information content (AvgIpc) is 3.06. The number of nitrogens with one attached hydrogen (secondary N) is 1. The fraction of sp³-hybridized carbons (Fsp3) is 0.421. The van der Waals surface area contributed by atoms with Crippen LogP contribution < -0.4 is 5.32 Å². The largest absolute Gasteiger partial charge is 0.457 e. The van der Waals surface area contributed by atoms with Crippen molar-refractivity contribution in [3.63, 3.8) is 0 Å². The standard InChI is InChI=1S/C19H23NO4/c1-13(2)19(23)20-16-9-7-15(8-10-16)17(21)12-24-18(22)11-14-5-3-4-6-14/h3,5,7-10,13-14H,4,6,11-12H2,1-2H3,(H,20,23)/t14-/m0/s1. The first-order chi connectivity index (χ1) is 11.5. The minimum absolute atomic E-state index is 0.0797. The van der Waals surface area contributed by atoms with Crippen molar-refractivity contribution < 1.29 is 19.1 Å². The molecule has 1 aromatic carbocycles. The van der Waals surface area contributed by atoms with Crippen LogP contribution in [-0.2, 0) is 14.3 Å². The van der Waals surface area contributed by atoms with E-state index in [1.807, 2.05) is 19.9 Å². The quantitative estimate of drug-likeness (QED) is 0.473. The van der Waals surface area contributed by atoms with E-state index in [1.165, 1.54) is 0 Å². The molecule has 0 fully saturated rings. The van der Waals surface area contributed by atoms with Gasteiger partial charge in [0, 0.05) is 17.2 Å². The number of hydrogen-bond acceptors (Lipinski definition) is 4. The van der Waals surface area contributed by atoms with E-state index < -0.39 is 0 Å². The van der Waals surface area contributed by atoms with Gasteiger partial charge in [0.05, 0.1) is 6.42 Å². The third-order valence-corrected chi connectivity index (χ3v) is 3.90. The number of allylic oxidation sites excluding steroid dienone is 2. The smallest absolute Gasteiger partial charge is 0.306 e. The molecule has 0 aromatic heterocycles. The molecule has 0 unspecified atom stereocenters. The summed E-state index contributed by atoms with van der Waals surface area (Å²) < 4.78 is 5.05. The normalized spacial score (nSPS) is 16.2. The van der Waals surface area contributed by atoms with Crippen molar-refractivity contribution >= 4 is 23.3 Å². The molecule has 0 saturated heterocycles. The lowest BCUT2D eigenvalue weighted by molar-refractivity contribution is -0.143. The van der Waals surface area contributed by atoms with Gasteiger partial charge in [0.2, 0.25) is 5.91 Å². The number of rotatable bonds is 7. The number of benzene rings is 1. The van der Waals surface area contributed by atoms with Crippen LogP contribution in [0, 0.1) is 11.8 Å². The second-order valence-corrected chi connectivity index (χ2v) is 6.27. The van der Waals surface area contributed by atoms with Crippen LogP contribution in [0.5, 0.6) is 0 Å². The predicted molar refractivity (Wildman–Crippen MR) is 91.7 cm³/mol. The van der Waals surface area contributed by atoms with Crippen molar-refractivity contribution in [2.45, 2.75) is 33.1 Å². The summed E-state index contributed by atoms with van der Waals surface area (Å²) in [6.07, 6.45) is 6.36. The third kappa shape index (κ3) is 5.33. The summed E-state index contributed by atoms with van der Waals surface area (Å²) in [5, 5.41) is 2.76. The maximum absolute atomic E-state index is 12.0. The Bertz CT molecular complexity index is 631. The molecule has 5 nitrogen and oxygen atoms in total. The van der Waals surface area contributed by atoms with Crippen molar-refractivity contribution in [1.29, 1.82) is 0 Å². The Hall–Kier alpha value is -2.43. The van der Waals surface area contributed by atoms with Crippen LogP contribution in [-0.4, -0.2) is 24.3 Å². The lowest BCUT2D eigenvalue weighted by Crippen LogP contribution is -2.18. The molecule has 128 valence electrons. The minimum Gasteiger partial charge on any atom is -0.457 e. The molecule has 2 rings (SSSR count). The highest BCUT2D eigenvalue weighted by atomic mass is 16.5. The van der Waals surface area contributed by atoms with Crippen molar-refractivity contribution in [3.05, 3.63) is 42.0 Å². The van der Waals surface area contributed by atoms with E-state index in [4.69, 9.17) is 4.74 Å². The van der Waals surface area contributed by atoms with Crippen LogP contribution in [0.15, 0.2) is 36.4 Å². The van der Waals surface area contributed by atoms with Crippen LogP contribution >= 0.6 is 0 Å². The van der Waals surface area contributed by atoms with Crippen molar-refractivity contribution in [1.82, 2.24) is 0 Å². The van der Waals surface area contributed by atoms with Crippen molar-refractivity contribution in [2.75, 3.05) is 11.9 Å². The van der Waals surface area contributed by atoms with E-state index in [9.17, 15) is 14.4 Å². The molecule has 0 spiro atoms. The molecule has 5 heteroatoms. The Morgan fingerprint density at radius 2 is 1.92 bits per heavy atom. The minimum atomic E-state index is -0.347. The van der Waals surface area contributed by atoms with Gasteiger partial charge in [0.25, 0.3) is 0 Å². The molecule has 0 heterocycles. The summed E-state index contributed by atoms with van der Waals surface area (Å²) in [4.78, 5) is 35.4. The molecule has 0 saturated carbocycles. The van der Waals surface area contributed by atoms with Gasteiger partial charge in [-0.1, -0.05) is 26.0 Å². The molecule has 0 aliphatic heterocycles. The van der Waals surface area contributed by atoms with Gasteiger partial charge in [-0.15, -0.1) is 0 Å². The molecule has 1 atom stereocenters. The molecule has 1 aliphatic carbocycles. The summed E-state index contributed by atoms with van der Waals surface area (Å²) in [7, 11) is 0. The topological polar surface area (TPSA) is 72.5 Å². The molecule has 24 heavy (non-hydrogen) atoms. The molecular formula is C19H23NO4. The monoisotopic (exact) mass is 329 g/mol. The Labute approximate surface area is 142 Å². The predicted octanol–water partition coefficient (Wildman–Crippen LogP) is 3.36. The van der Waals surface area contributed by atoms with E-state index >= 15 is 0 Å². The Morgan fingerprint density at radius 1 is 1.21 bits per heavy atom. The highest BCUT2D eigenvalue weighted by molar-refractivity contribution is 5.99. The molecular weight excluding hydrogens is 306 g/mol. The van der Waals surface area contributed by atoms with Gasteiger partial charge in [-0.05, 0) is 43.0 Å². The third-order valence-electron chi connectivity index (χ3n) is 3.90. The molecule has 1 amide bonds. The van der Waals surface area contributed by atoms with E-state index in [0.29, 0.717) is 17.7 Å². The average molecular weight is 329 g/mol. The zero-order chi connectivity index (χ0) is 17.5. The van der Waals surface area contributed by atoms with Gasteiger partial charge >= 0.3 is 5.97 Å². The number of esters is 1. The summed E-state index contributed by atoms with van der Waals surface area (Å²) in [5.41, 5.74) is 1.08. The number of Topliss-reactive ketones (excluding diaryl/α,β-unsaturated/α-hetero) is 1. The number of carbonyl (C=O) groups excluding carboxylic acids is 3. The molecule has 1 aliphatic rings. The Kier molecular flexibility index (Phi) is 6.29. The number of hydrogen-bond donors (Lipinski definition) is 1. The lowest BCUT2D eigenvalue weighted by atomic mass is 10.1. The number of ketones is 1. The zero-order valence-electron chi connectivity index (χ0n) is 14.1. The number of ether oxygens (including phenoxy) is 1. The summed E-state index contributed by atoms with van der Waals surface area (Å²) in [6.45, 7) is 3.36. The molecule has 1 N–H and O–H groups in total. The van der Waals surface area contributed by atoms with E-state index in [1.54, 1.807) is 24.3 Å². The highest BCUT2D eigenvalue weighted by Crippen LogP contribution is 2.20. The number of amides is 1. The summed E-state index contributed by atoms with van der Waals surface area (Å²) in [6, 6.07) is 6.56. The van der Waals surface area contributed by atoms with Crippen LogP contribution in [0.1, 0.15) is 43.5 Å². The number of anilines is 1. The van der Waals surface area contributed by atoms with E-state index in [-0.39, 0.29) is 36.1 Å². The van der Waals surface area contributed by atoms with E-state index in [2.05, 4.69) is 11.4 Å². The Morgan fingerprint density at radius 3 is 2.50 bits per heavy atom. The number of carbonyl (C=O) groups is 3. The summed E-state index contributed by atoms with van der Waals surface area (Å²) >= 11 is 0. The first-order valence-corrected chi connectivity index (χ1v) is 8.22. The zero-order valence-corrected chi connectivity index (χ0v) is 14.1. The first-order valence-electron chi connectivity index (χ1n) is 8.22. The Balaban J connectivity index is 1.80. The van der Waals surface area contributed by atoms with Crippen LogP contribution in [0.3, 0.4) is 0 Å². The van der Waals surface area contributed by atoms with Gasteiger partial charge < -0.3 is 10.1 Å². The van der Waals surface area contributed by atoms with Crippen molar-refractivity contribution in [3.8, 4) is 0 Å². The SMILES string of the molecule is CC(C)C(=O)Nc1ccc(C(=O)COC(=O)C[C@H]2C=CCC2)cc1. The van der Waals surface area contributed by atoms with Crippen molar-refractivity contribution in [2.24, 2.45) is 11.8 Å². The fourth-order valence-corrected chi connectivity index (χ4v) is 2.39. The van der Waals surface area contributed by atoms with Gasteiger partial charge in [-0.25, -0.2) is 0 Å². The van der Waals surface area contributed by atoms with Crippen LogP contribution in [0.2, 0.25) is 0 Å². The molecule has 0 radical (unpaired) electrons. The second kappa shape index (κ2) is 8.43. The van der Waals surface area contributed by atoms with Gasteiger partial charge in [0.15, 0.2) is 12.4 Å². The van der Waals surface area contributed by atoms with Crippen LogP contribution in [0.4, 0.5) is 5.69 Å². The van der Waals surface area contributed by atoms with Gasteiger partial charge in [-0.3, -0.25) is 14.4 Å².